The number of nitrogens with one attached hydrogen (secondary N) is 1. The molecule has 110 valence electrons. The van der Waals surface area contributed by atoms with Gasteiger partial charge in [0.2, 0.25) is 11.7 Å². The summed E-state index contributed by atoms with van der Waals surface area (Å²) in [5.41, 5.74) is 0.654. The van der Waals surface area contributed by atoms with Gasteiger partial charge in [0.25, 0.3) is 0 Å². The van der Waals surface area contributed by atoms with Gasteiger partial charge < -0.3 is 10.2 Å². The molecule has 0 radical (unpaired) electrons. The molecule has 1 amide bonds. The van der Waals surface area contributed by atoms with Gasteiger partial charge in [0.15, 0.2) is 0 Å². The second-order valence-corrected chi connectivity index (χ2v) is 4.38. The number of carbonyl (C=O) groups is 1. The van der Waals surface area contributed by atoms with Crippen molar-refractivity contribution in [2.75, 3.05) is 25.0 Å². The third kappa shape index (κ3) is 4.18. The Morgan fingerprint density at radius 2 is 2.10 bits per heavy atom. The van der Waals surface area contributed by atoms with E-state index in [1.54, 1.807) is 18.0 Å². The van der Waals surface area contributed by atoms with E-state index < -0.39 is 4.92 Å². The molecule has 0 unspecified atom stereocenters. The van der Waals surface area contributed by atoms with Crippen molar-refractivity contribution >= 4 is 17.4 Å². The first-order valence-corrected chi connectivity index (χ1v) is 6.62. The standard InChI is InChI=1S/C13H20N4O3/c1-4-16(5-2)12(18)6-7-14-13-11(17(19)20)8-10(3)9-15-13/h8-9H,4-7H2,1-3H3,(H,14,15). The molecule has 0 aliphatic carbocycles. The number of rotatable bonds is 7. The smallest absolute Gasteiger partial charge is 0.311 e. The molecule has 0 saturated carbocycles. The molecule has 0 aliphatic rings. The first kappa shape index (κ1) is 15.9. The number of aryl methyl sites for hydroxylation is 1. The van der Waals surface area contributed by atoms with Crippen LogP contribution in [-0.2, 0) is 4.79 Å². The van der Waals surface area contributed by atoms with Gasteiger partial charge in [0, 0.05) is 38.3 Å². The number of anilines is 1. The number of hydrogen-bond donors (Lipinski definition) is 1. The maximum atomic E-state index is 11.8. The Balaban J connectivity index is 2.62. The largest absolute Gasteiger partial charge is 0.364 e. The lowest BCUT2D eigenvalue weighted by Crippen LogP contribution is -2.31. The molecule has 0 bridgehead atoms. The van der Waals surface area contributed by atoms with E-state index in [0.717, 1.165) is 5.56 Å². The first-order chi connectivity index (χ1) is 9.49. The fourth-order valence-electron chi connectivity index (χ4n) is 1.85. The molecule has 0 aliphatic heterocycles. The molecule has 7 heteroatoms. The van der Waals surface area contributed by atoms with Crippen LogP contribution in [0, 0.1) is 17.0 Å². The number of amides is 1. The highest BCUT2D eigenvalue weighted by molar-refractivity contribution is 5.76. The van der Waals surface area contributed by atoms with E-state index in [9.17, 15) is 14.9 Å². The van der Waals surface area contributed by atoms with Crippen LogP contribution in [0.25, 0.3) is 0 Å². The van der Waals surface area contributed by atoms with Crippen LogP contribution in [0.2, 0.25) is 0 Å². The van der Waals surface area contributed by atoms with Crippen molar-refractivity contribution in [1.82, 2.24) is 9.88 Å². The number of nitrogens with zero attached hydrogens (tertiary/aromatic N) is 3. The predicted octanol–water partition coefficient (Wildman–Crippen LogP) is 1.97. The molecular weight excluding hydrogens is 260 g/mol. The summed E-state index contributed by atoms with van der Waals surface area (Å²) in [5, 5.41) is 13.8. The average Bonchev–Trinajstić information content (AvgIpc) is 2.41. The third-order valence-corrected chi connectivity index (χ3v) is 2.95. The molecule has 1 heterocycles. The Morgan fingerprint density at radius 3 is 2.65 bits per heavy atom. The summed E-state index contributed by atoms with van der Waals surface area (Å²) < 4.78 is 0. The topological polar surface area (TPSA) is 88.4 Å². The van der Waals surface area contributed by atoms with Gasteiger partial charge in [-0.1, -0.05) is 0 Å². The molecule has 20 heavy (non-hydrogen) atoms. The Morgan fingerprint density at radius 1 is 1.45 bits per heavy atom. The average molecular weight is 280 g/mol. The van der Waals surface area contributed by atoms with Crippen molar-refractivity contribution in [2.24, 2.45) is 0 Å². The molecule has 1 rings (SSSR count). The Kier molecular flexibility index (Phi) is 5.89. The van der Waals surface area contributed by atoms with Crippen LogP contribution in [0.1, 0.15) is 25.8 Å². The second-order valence-electron chi connectivity index (χ2n) is 4.38. The Hall–Kier alpha value is -2.18. The first-order valence-electron chi connectivity index (χ1n) is 6.62. The zero-order valence-electron chi connectivity index (χ0n) is 12.0. The third-order valence-electron chi connectivity index (χ3n) is 2.95. The summed E-state index contributed by atoms with van der Waals surface area (Å²) in [7, 11) is 0. The molecule has 0 fully saturated rings. The van der Waals surface area contributed by atoms with Crippen LogP contribution in [-0.4, -0.2) is 40.3 Å². The number of pyridine rings is 1. The predicted molar refractivity (Wildman–Crippen MR) is 76.7 cm³/mol. The van der Waals surface area contributed by atoms with Crippen LogP contribution < -0.4 is 5.32 Å². The van der Waals surface area contributed by atoms with Crippen LogP contribution in [0.15, 0.2) is 12.3 Å². The highest BCUT2D eigenvalue weighted by Gasteiger charge is 2.16. The Bertz CT molecular complexity index is 487. The van der Waals surface area contributed by atoms with Gasteiger partial charge in [0.1, 0.15) is 0 Å². The van der Waals surface area contributed by atoms with Gasteiger partial charge in [-0.05, 0) is 26.3 Å². The van der Waals surface area contributed by atoms with E-state index in [1.165, 1.54) is 6.07 Å². The highest BCUT2D eigenvalue weighted by atomic mass is 16.6. The number of carbonyl (C=O) groups excluding carboxylic acids is 1. The van der Waals surface area contributed by atoms with Crippen molar-refractivity contribution in [1.29, 1.82) is 0 Å². The van der Waals surface area contributed by atoms with Gasteiger partial charge in [-0.3, -0.25) is 14.9 Å². The maximum absolute atomic E-state index is 11.8. The molecule has 0 aromatic carbocycles. The minimum Gasteiger partial charge on any atom is -0.364 e. The van der Waals surface area contributed by atoms with Crippen molar-refractivity contribution in [3.63, 3.8) is 0 Å². The van der Waals surface area contributed by atoms with Crippen molar-refractivity contribution < 1.29 is 9.72 Å². The number of nitro groups is 1. The zero-order valence-corrected chi connectivity index (χ0v) is 12.0. The van der Waals surface area contributed by atoms with E-state index in [0.29, 0.717) is 19.6 Å². The van der Waals surface area contributed by atoms with Crippen LogP contribution in [0.5, 0.6) is 0 Å². The van der Waals surface area contributed by atoms with E-state index in [-0.39, 0.29) is 23.8 Å². The minimum absolute atomic E-state index is 0.0252. The summed E-state index contributed by atoms with van der Waals surface area (Å²) in [5.74, 6) is 0.227. The lowest BCUT2D eigenvalue weighted by molar-refractivity contribution is -0.384. The van der Waals surface area contributed by atoms with Gasteiger partial charge >= 0.3 is 5.69 Å². The van der Waals surface area contributed by atoms with Crippen molar-refractivity contribution in [2.45, 2.75) is 27.2 Å². The zero-order chi connectivity index (χ0) is 15.1. The quantitative estimate of drug-likeness (QED) is 0.609. The van der Waals surface area contributed by atoms with E-state index in [4.69, 9.17) is 0 Å². The van der Waals surface area contributed by atoms with Gasteiger partial charge in [-0.2, -0.15) is 0 Å². The monoisotopic (exact) mass is 280 g/mol. The molecule has 1 N–H and O–H groups in total. The number of hydrogen-bond acceptors (Lipinski definition) is 5. The summed E-state index contributed by atoms with van der Waals surface area (Å²) in [6.45, 7) is 7.23. The van der Waals surface area contributed by atoms with E-state index >= 15 is 0 Å². The molecule has 1 aromatic rings. The summed E-state index contributed by atoms with van der Waals surface area (Å²) in [4.78, 5) is 28.0. The molecule has 0 spiro atoms. The van der Waals surface area contributed by atoms with Crippen molar-refractivity contribution in [3.05, 3.63) is 27.9 Å². The molecular formula is C13H20N4O3. The van der Waals surface area contributed by atoms with E-state index in [1.807, 2.05) is 13.8 Å². The molecule has 1 aromatic heterocycles. The summed E-state index contributed by atoms with van der Waals surface area (Å²) in [6.07, 6.45) is 1.84. The number of aromatic nitrogens is 1. The lowest BCUT2D eigenvalue weighted by Gasteiger charge is -2.18. The van der Waals surface area contributed by atoms with Crippen LogP contribution >= 0.6 is 0 Å². The van der Waals surface area contributed by atoms with Gasteiger partial charge in [-0.15, -0.1) is 0 Å². The SMILES string of the molecule is CCN(CC)C(=O)CCNc1ncc(C)cc1[N+](=O)[O-]. The van der Waals surface area contributed by atoms with Gasteiger partial charge in [0.05, 0.1) is 4.92 Å². The van der Waals surface area contributed by atoms with Crippen LogP contribution in [0.3, 0.4) is 0 Å². The normalized spacial score (nSPS) is 10.2. The molecule has 0 saturated heterocycles. The molecule has 0 atom stereocenters. The highest BCUT2D eigenvalue weighted by Crippen LogP contribution is 2.22. The fourth-order valence-corrected chi connectivity index (χ4v) is 1.85. The Labute approximate surface area is 118 Å². The molecule has 7 nitrogen and oxygen atoms in total. The lowest BCUT2D eigenvalue weighted by atomic mass is 10.2. The second kappa shape index (κ2) is 7.42. The van der Waals surface area contributed by atoms with Gasteiger partial charge in [-0.25, -0.2) is 4.98 Å². The van der Waals surface area contributed by atoms with Crippen LogP contribution in [0.4, 0.5) is 11.5 Å². The summed E-state index contributed by atoms with van der Waals surface area (Å²) in [6, 6.07) is 1.46. The van der Waals surface area contributed by atoms with Crippen molar-refractivity contribution in [3.8, 4) is 0 Å². The fraction of sp³-hybridized carbons (Fsp3) is 0.538. The van der Waals surface area contributed by atoms with E-state index in [2.05, 4.69) is 10.3 Å². The summed E-state index contributed by atoms with van der Waals surface area (Å²) >= 11 is 0. The maximum Gasteiger partial charge on any atom is 0.311 e. The minimum atomic E-state index is -0.478.